The van der Waals surface area contributed by atoms with Crippen molar-refractivity contribution in [1.82, 2.24) is 14.9 Å². The summed E-state index contributed by atoms with van der Waals surface area (Å²) >= 11 is 0. The minimum absolute atomic E-state index is 0.195. The zero-order valence-electron chi connectivity index (χ0n) is 10.9. The Morgan fingerprint density at radius 3 is 2.82 bits per heavy atom. The van der Waals surface area contributed by atoms with Crippen LogP contribution in [0, 0.1) is 5.92 Å². The van der Waals surface area contributed by atoms with Gasteiger partial charge in [0.1, 0.15) is 6.04 Å². The van der Waals surface area contributed by atoms with Gasteiger partial charge in [0, 0.05) is 19.3 Å². The second-order valence-electron chi connectivity index (χ2n) is 4.30. The summed E-state index contributed by atoms with van der Waals surface area (Å²) in [7, 11) is 1.41. The van der Waals surface area contributed by atoms with Gasteiger partial charge in [0.2, 0.25) is 0 Å². The molecule has 1 heterocycles. The van der Waals surface area contributed by atoms with E-state index in [0.29, 0.717) is 6.54 Å². The molecule has 0 aliphatic heterocycles. The highest BCUT2D eigenvalue weighted by Crippen LogP contribution is 2.06. The zero-order valence-corrected chi connectivity index (χ0v) is 10.9. The molecule has 0 saturated carbocycles. The normalized spacial score (nSPS) is 12.8. The number of rotatable bonds is 6. The van der Waals surface area contributed by atoms with Gasteiger partial charge in [-0.05, 0) is 12.8 Å². The number of nitrogens with one attached hydrogen (secondary N) is 1. The van der Waals surface area contributed by atoms with Crippen LogP contribution in [0.3, 0.4) is 0 Å². The van der Waals surface area contributed by atoms with Gasteiger partial charge in [0.05, 0.1) is 19.1 Å². The highest BCUT2D eigenvalue weighted by atomic mass is 16.5. The van der Waals surface area contributed by atoms with Gasteiger partial charge in [-0.15, -0.1) is 0 Å². The summed E-state index contributed by atoms with van der Waals surface area (Å²) in [5, 5.41) is 3.21. The molecular formula is C12H21N3O2. The Kier molecular flexibility index (Phi) is 5.15. The lowest BCUT2D eigenvalue weighted by Crippen LogP contribution is -2.41. The van der Waals surface area contributed by atoms with E-state index in [0.717, 1.165) is 12.2 Å². The van der Waals surface area contributed by atoms with Crippen molar-refractivity contribution in [2.24, 2.45) is 5.92 Å². The Morgan fingerprint density at radius 1 is 1.59 bits per heavy atom. The van der Waals surface area contributed by atoms with Crippen LogP contribution in [-0.4, -0.2) is 28.7 Å². The average Bonchev–Trinajstić information content (AvgIpc) is 2.75. The van der Waals surface area contributed by atoms with Crippen LogP contribution in [0.2, 0.25) is 0 Å². The number of esters is 1. The molecule has 0 aliphatic rings. The summed E-state index contributed by atoms with van der Waals surface area (Å²) in [4.78, 5) is 15.6. The lowest BCUT2D eigenvalue weighted by atomic mass is 10.0. The highest BCUT2D eigenvalue weighted by Gasteiger charge is 2.22. The molecule has 0 radical (unpaired) electrons. The second kappa shape index (κ2) is 6.39. The van der Waals surface area contributed by atoms with Gasteiger partial charge in [-0.3, -0.25) is 10.1 Å². The summed E-state index contributed by atoms with van der Waals surface area (Å²) in [6.45, 7) is 7.54. The van der Waals surface area contributed by atoms with Crippen LogP contribution >= 0.6 is 0 Å². The van der Waals surface area contributed by atoms with Crippen LogP contribution in [-0.2, 0) is 22.6 Å². The van der Waals surface area contributed by atoms with Crippen LogP contribution in [0.5, 0.6) is 0 Å². The Labute approximate surface area is 102 Å². The lowest BCUT2D eigenvalue weighted by molar-refractivity contribution is -0.144. The molecule has 0 unspecified atom stereocenters. The topological polar surface area (TPSA) is 56.2 Å². The molecule has 0 aliphatic carbocycles. The molecule has 1 aromatic heterocycles. The van der Waals surface area contributed by atoms with Crippen molar-refractivity contribution in [3.8, 4) is 0 Å². The van der Waals surface area contributed by atoms with Gasteiger partial charge >= 0.3 is 5.97 Å². The third-order valence-corrected chi connectivity index (χ3v) is 2.76. The summed E-state index contributed by atoms with van der Waals surface area (Å²) < 4.78 is 6.82. The van der Waals surface area contributed by atoms with E-state index in [9.17, 15) is 4.79 Å². The van der Waals surface area contributed by atoms with Crippen LogP contribution in [0.15, 0.2) is 12.5 Å². The largest absolute Gasteiger partial charge is 0.468 e. The number of hydrogen-bond donors (Lipinski definition) is 1. The Morgan fingerprint density at radius 2 is 2.29 bits per heavy atom. The predicted molar refractivity (Wildman–Crippen MR) is 65.4 cm³/mol. The fourth-order valence-corrected chi connectivity index (χ4v) is 1.71. The molecule has 5 heteroatoms. The molecule has 0 aromatic carbocycles. The van der Waals surface area contributed by atoms with E-state index in [4.69, 9.17) is 4.74 Å². The van der Waals surface area contributed by atoms with E-state index in [-0.39, 0.29) is 17.9 Å². The standard InChI is InChI=1S/C12H21N3O2/c1-5-15-8-13-6-10(15)7-14-11(9(2)3)12(16)17-4/h6,8-9,11,14H,5,7H2,1-4H3/t11-/m0/s1. The van der Waals surface area contributed by atoms with E-state index in [1.165, 1.54) is 7.11 Å². The van der Waals surface area contributed by atoms with Crippen LogP contribution < -0.4 is 5.32 Å². The number of nitrogens with zero attached hydrogens (tertiary/aromatic N) is 2. The fraction of sp³-hybridized carbons (Fsp3) is 0.667. The van der Waals surface area contributed by atoms with Gasteiger partial charge in [-0.2, -0.15) is 0 Å². The van der Waals surface area contributed by atoms with Crippen LogP contribution in [0.4, 0.5) is 0 Å². The summed E-state index contributed by atoms with van der Waals surface area (Å²) in [6, 6.07) is -0.278. The van der Waals surface area contributed by atoms with Crippen molar-refractivity contribution in [2.45, 2.75) is 39.9 Å². The van der Waals surface area contributed by atoms with Crippen molar-refractivity contribution in [2.75, 3.05) is 7.11 Å². The van der Waals surface area contributed by atoms with Crippen molar-refractivity contribution in [3.63, 3.8) is 0 Å². The Balaban J connectivity index is 2.61. The van der Waals surface area contributed by atoms with Gasteiger partial charge in [-0.1, -0.05) is 13.8 Å². The zero-order chi connectivity index (χ0) is 12.8. The number of carbonyl (C=O) groups is 1. The smallest absolute Gasteiger partial charge is 0.323 e. The maximum absolute atomic E-state index is 11.6. The number of carbonyl (C=O) groups excluding carboxylic acids is 1. The molecule has 0 saturated heterocycles. The maximum atomic E-state index is 11.6. The van der Waals surface area contributed by atoms with Crippen molar-refractivity contribution in [3.05, 3.63) is 18.2 Å². The van der Waals surface area contributed by atoms with Gasteiger partial charge in [-0.25, -0.2) is 4.98 Å². The molecule has 96 valence electrons. The molecule has 1 rings (SSSR count). The van der Waals surface area contributed by atoms with Crippen LogP contribution in [0.1, 0.15) is 26.5 Å². The Hall–Kier alpha value is -1.36. The first-order valence-electron chi connectivity index (χ1n) is 5.90. The maximum Gasteiger partial charge on any atom is 0.323 e. The predicted octanol–water partition coefficient (Wildman–Crippen LogP) is 1.19. The third kappa shape index (κ3) is 3.56. The molecule has 0 bridgehead atoms. The first-order valence-corrected chi connectivity index (χ1v) is 5.90. The summed E-state index contributed by atoms with van der Waals surface area (Å²) in [5.74, 6) is -0.0250. The van der Waals surface area contributed by atoms with Gasteiger partial charge in [0.15, 0.2) is 0 Å². The van der Waals surface area contributed by atoms with Gasteiger partial charge < -0.3 is 9.30 Å². The van der Waals surface area contributed by atoms with Crippen LogP contribution in [0.25, 0.3) is 0 Å². The molecule has 0 fully saturated rings. The number of imidazole rings is 1. The molecule has 1 atom stereocenters. The minimum atomic E-state index is -0.278. The SMILES string of the molecule is CCn1cncc1CN[C@H](C(=O)OC)C(C)C. The summed E-state index contributed by atoms with van der Waals surface area (Å²) in [6.07, 6.45) is 3.60. The highest BCUT2D eigenvalue weighted by molar-refractivity contribution is 5.75. The summed E-state index contributed by atoms with van der Waals surface area (Å²) in [5.41, 5.74) is 1.07. The molecule has 17 heavy (non-hydrogen) atoms. The average molecular weight is 239 g/mol. The number of aryl methyl sites for hydroxylation is 1. The molecule has 0 amide bonds. The monoisotopic (exact) mass is 239 g/mol. The van der Waals surface area contributed by atoms with E-state index in [1.54, 1.807) is 6.33 Å². The molecular weight excluding hydrogens is 218 g/mol. The number of ether oxygens (including phenoxy) is 1. The molecule has 5 nitrogen and oxygen atoms in total. The van der Waals surface area contributed by atoms with E-state index in [2.05, 4.69) is 17.2 Å². The van der Waals surface area contributed by atoms with E-state index in [1.807, 2.05) is 24.6 Å². The first-order chi connectivity index (χ1) is 8.10. The van der Waals surface area contributed by atoms with Crippen molar-refractivity contribution < 1.29 is 9.53 Å². The number of aromatic nitrogens is 2. The van der Waals surface area contributed by atoms with Crippen molar-refractivity contribution in [1.29, 1.82) is 0 Å². The second-order valence-corrected chi connectivity index (χ2v) is 4.30. The third-order valence-electron chi connectivity index (χ3n) is 2.76. The molecule has 0 spiro atoms. The number of hydrogen-bond acceptors (Lipinski definition) is 4. The van der Waals surface area contributed by atoms with E-state index < -0.39 is 0 Å². The Bertz CT molecular complexity index is 360. The lowest BCUT2D eigenvalue weighted by Gasteiger charge is -2.20. The van der Waals surface area contributed by atoms with E-state index >= 15 is 0 Å². The quantitative estimate of drug-likeness (QED) is 0.758. The van der Waals surface area contributed by atoms with Crippen molar-refractivity contribution >= 4 is 5.97 Å². The first kappa shape index (κ1) is 13.7. The van der Waals surface area contributed by atoms with Gasteiger partial charge in [0.25, 0.3) is 0 Å². The molecule has 1 N–H and O–H groups in total. The minimum Gasteiger partial charge on any atom is -0.468 e. The molecule has 1 aromatic rings. The number of methoxy groups -OCH3 is 1. The fourth-order valence-electron chi connectivity index (χ4n) is 1.71.